The smallest absolute Gasteiger partial charge is 0.212 e. The zero-order valence-corrected chi connectivity index (χ0v) is 16.3. The fourth-order valence-corrected chi connectivity index (χ4v) is 4.64. The number of sulfonamides is 1. The highest BCUT2D eigenvalue weighted by Crippen LogP contribution is 2.27. The number of nitrogens with one attached hydrogen (secondary N) is 2. The van der Waals surface area contributed by atoms with E-state index in [4.69, 9.17) is 4.98 Å². The molecule has 3 rings (SSSR count). The predicted molar refractivity (Wildman–Crippen MR) is 108 cm³/mol. The Balaban J connectivity index is 1.98. The van der Waals surface area contributed by atoms with Crippen molar-refractivity contribution in [2.24, 2.45) is 0 Å². The lowest BCUT2D eigenvalue weighted by Gasteiger charge is -2.16. The van der Waals surface area contributed by atoms with E-state index in [-0.39, 0.29) is 11.8 Å². The van der Waals surface area contributed by atoms with Crippen molar-refractivity contribution in [3.05, 3.63) is 42.2 Å². The van der Waals surface area contributed by atoms with E-state index in [0.29, 0.717) is 12.2 Å². The molecule has 0 bridgehead atoms. The van der Waals surface area contributed by atoms with E-state index in [1.54, 1.807) is 0 Å². The van der Waals surface area contributed by atoms with Gasteiger partial charge in [0.2, 0.25) is 10.0 Å². The van der Waals surface area contributed by atoms with Gasteiger partial charge in [-0.15, -0.1) is 0 Å². The van der Waals surface area contributed by atoms with Crippen LogP contribution in [0.5, 0.6) is 0 Å². The second kappa shape index (κ2) is 8.18. The van der Waals surface area contributed by atoms with E-state index in [1.807, 2.05) is 25.1 Å². The summed E-state index contributed by atoms with van der Waals surface area (Å²) in [6.45, 7) is 4.02. The summed E-state index contributed by atoms with van der Waals surface area (Å²) in [4.78, 5) is 8.12. The molecule has 140 valence electrons. The largest absolute Gasteiger partial charge is 0.341 e. The minimum atomic E-state index is -3.31. The SMILES string of the molecule is CCCCCC(NS(=O)(=O)CCC)c1nc2c(ccc3ccccc32)[nH]1. The van der Waals surface area contributed by atoms with Crippen LogP contribution in [0, 0.1) is 0 Å². The third-order valence-corrected chi connectivity index (χ3v) is 6.21. The van der Waals surface area contributed by atoms with E-state index in [2.05, 4.69) is 34.8 Å². The molecule has 0 saturated carbocycles. The monoisotopic (exact) mass is 373 g/mol. The molecule has 1 atom stereocenters. The molecule has 0 radical (unpaired) electrons. The molecule has 0 aliphatic heterocycles. The molecule has 0 amide bonds. The number of imidazole rings is 1. The maximum absolute atomic E-state index is 12.3. The van der Waals surface area contributed by atoms with Crippen LogP contribution in [0.1, 0.15) is 57.8 Å². The van der Waals surface area contributed by atoms with Crippen molar-refractivity contribution in [3.63, 3.8) is 0 Å². The summed E-state index contributed by atoms with van der Waals surface area (Å²) in [5.74, 6) is 0.840. The number of fused-ring (bicyclic) bond motifs is 3. The molecule has 5 nitrogen and oxygen atoms in total. The van der Waals surface area contributed by atoms with Crippen molar-refractivity contribution >= 4 is 31.8 Å². The summed E-state index contributed by atoms with van der Waals surface area (Å²) < 4.78 is 27.5. The van der Waals surface area contributed by atoms with E-state index in [0.717, 1.165) is 47.5 Å². The maximum Gasteiger partial charge on any atom is 0.212 e. The fraction of sp³-hybridized carbons (Fsp3) is 0.450. The van der Waals surface area contributed by atoms with Gasteiger partial charge in [-0.2, -0.15) is 0 Å². The van der Waals surface area contributed by atoms with Crippen molar-refractivity contribution in [2.75, 3.05) is 5.75 Å². The van der Waals surface area contributed by atoms with Gasteiger partial charge < -0.3 is 4.98 Å². The molecular weight excluding hydrogens is 346 g/mol. The quantitative estimate of drug-likeness (QED) is 0.535. The van der Waals surface area contributed by atoms with Crippen LogP contribution in [-0.2, 0) is 10.0 Å². The Morgan fingerprint density at radius 1 is 1.08 bits per heavy atom. The highest BCUT2D eigenvalue weighted by molar-refractivity contribution is 7.89. The highest BCUT2D eigenvalue weighted by Gasteiger charge is 2.22. The standard InChI is InChI=1S/C20H27N3O2S/c1-3-5-6-11-18(23-26(24,25)14-4-2)20-21-17-13-12-15-9-7-8-10-16(15)19(17)22-20/h7-10,12-13,18,23H,3-6,11,14H2,1-2H3,(H,21,22). The van der Waals surface area contributed by atoms with Gasteiger partial charge in [-0.05, 0) is 24.3 Å². The molecule has 3 aromatic rings. The van der Waals surface area contributed by atoms with Gasteiger partial charge in [0.15, 0.2) is 0 Å². The van der Waals surface area contributed by atoms with Gasteiger partial charge >= 0.3 is 0 Å². The lowest BCUT2D eigenvalue weighted by atomic mass is 10.1. The molecule has 0 fully saturated rings. The lowest BCUT2D eigenvalue weighted by Crippen LogP contribution is -2.31. The Morgan fingerprint density at radius 2 is 1.88 bits per heavy atom. The zero-order chi connectivity index (χ0) is 18.6. The molecule has 2 aromatic carbocycles. The average Bonchev–Trinajstić information content (AvgIpc) is 3.05. The van der Waals surface area contributed by atoms with Crippen molar-refractivity contribution < 1.29 is 8.42 Å². The van der Waals surface area contributed by atoms with Crippen molar-refractivity contribution in [2.45, 2.75) is 52.0 Å². The van der Waals surface area contributed by atoms with Gasteiger partial charge in [-0.3, -0.25) is 0 Å². The summed E-state index contributed by atoms with van der Waals surface area (Å²) in [7, 11) is -3.31. The van der Waals surface area contributed by atoms with Crippen molar-refractivity contribution in [1.29, 1.82) is 0 Å². The average molecular weight is 374 g/mol. The summed E-state index contributed by atoms with van der Waals surface area (Å²) in [6, 6.07) is 11.9. The first-order chi connectivity index (χ1) is 12.5. The predicted octanol–water partition coefficient (Wildman–Crippen LogP) is 4.67. The Labute approximate surface area is 155 Å². The van der Waals surface area contributed by atoms with E-state index in [9.17, 15) is 8.42 Å². The lowest BCUT2D eigenvalue weighted by molar-refractivity contribution is 0.504. The molecule has 1 unspecified atom stereocenters. The molecule has 2 N–H and O–H groups in total. The van der Waals surface area contributed by atoms with Gasteiger partial charge in [-0.25, -0.2) is 18.1 Å². The number of unbranched alkanes of at least 4 members (excludes halogenated alkanes) is 2. The first-order valence-corrected chi connectivity index (χ1v) is 11.1. The minimum absolute atomic E-state index is 0.139. The van der Waals surface area contributed by atoms with Gasteiger partial charge in [-0.1, -0.05) is 63.4 Å². The number of aromatic amines is 1. The number of nitrogens with zero attached hydrogens (tertiary/aromatic N) is 1. The zero-order valence-electron chi connectivity index (χ0n) is 15.5. The van der Waals surface area contributed by atoms with E-state index >= 15 is 0 Å². The van der Waals surface area contributed by atoms with Crippen LogP contribution < -0.4 is 4.72 Å². The first-order valence-electron chi connectivity index (χ1n) is 9.41. The van der Waals surface area contributed by atoms with Gasteiger partial charge in [0.25, 0.3) is 0 Å². The van der Waals surface area contributed by atoms with Gasteiger partial charge in [0, 0.05) is 5.39 Å². The molecule has 1 heterocycles. The topological polar surface area (TPSA) is 74.8 Å². The Morgan fingerprint density at radius 3 is 2.65 bits per heavy atom. The van der Waals surface area contributed by atoms with E-state index < -0.39 is 10.0 Å². The Hall–Kier alpha value is -1.92. The number of hydrogen-bond donors (Lipinski definition) is 2. The minimum Gasteiger partial charge on any atom is -0.341 e. The molecule has 6 heteroatoms. The van der Waals surface area contributed by atoms with Crippen LogP contribution in [-0.4, -0.2) is 24.1 Å². The van der Waals surface area contributed by atoms with Crippen LogP contribution in [0.2, 0.25) is 0 Å². The molecule has 0 aliphatic carbocycles. The molecule has 0 saturated heterocycles. The molecule has 26 heavy (non-hydrogen) atoms. The maximum atomic E-state index is 12.3. The van der Waals surface area contributed by atoms with Crippen LogP contribution in [0.3, 0.4) is 0 Å². The Kier molecular flexibility index (Phi) is 5.94. The number of hydrogen-bond acceptors (Lipinski definition) is 3. The summed E-state index contributed by atoms with van der Waals surface area (Å²) >= 11 is 0. The second-order valence-electron chi connectivity index (χ2n) is 6.79. The molecular formula is C20H27N3O2S. The third-order valence-electron chi connectivity index (χ3n) is 4.62. The van der Waals surface area contributed by atoms with Crippen LogP contribution in [0.15, 0.2) is 36.4 Å². The van der Waals surface area contributed by atoms with Gasteiger partial charge in [0.05, 0.1) is 22.8 Å². The number of H-pyrrole nitrogens is 1. The molecule has 1 aromatic heterocycles. The van der Waals surface area contributed by atoms with Crippen LogP contribution >= 0.6 is 0 Å². The van der Waals surface area contributed by atoms with Crippen LogP contribution in [0.25, 0.3) is 21.8 Å². The third kappa shape index (κ3) is 4.24. The normalized spacial score (nSPS) is 13.5. The fourth-order valence-electron chi connectivity index (χ4n) is 3.32. The molecule has 0 aliphatic rings. The number of benzene rings is 2. The van der Waals surface area contributed by atoms with E-state index in [1.165, 1.54) is 0 Å². The van der Waals surface area contributed by atoms with Crippen molar-refractivity contribution in [3.8, 4) is 0 Å². The molecule has 0 spiro atoms. The summed E-state index contributed by atoms with van der Waals surface area (Å²) in [5.41, 5.74) is 1.84. The van der Waals surface area contributed by atoms with Crippen molar-refractivity contribution in [1.82, 2.24) is 14.7 Å². The van der Waals surface area contributed by atoms with Crippen LogP contribution in [0.4, 0.5) is 0 Å². The number of rotatable bonds is 9. The number of aromatic nitrogens is 2. The first kappa shape index (κ1) is 18.9. The Bertz CT molecular complexity index is 979. The highest BCUT2D eigenvalue weighted by atomic mass is 32.2. The summed E-state index contributed by atoms with van der Waals surface area (Å²) in [6.07, 6.45) is 4.48. The van der Waals surface area contributed by atoms with Gasteiger partial charge in [0.1, 0.15) is 5.82 Å². The second-order valence-corrected chi connectivity index (χ2v) is 8.66. The summed E-state index contributed by atoms with van der Waals surface area (Å²) in [5, 5.41) is 2.21.